The molecule has 3 nitrogen and oxygen atoms in total. The van der Waals surface area contributed by atoms with Crippen molar-refractivity contribution in [2.75, 3.05) is 0 Å². The summed E-state index contributed by atoms with van der Waals surface area (Å²) in [6.45, 7) is 5.99. The fourth-order valence-corrected chi connectivity index (χ4v) is 2.35. The van der Waals surface area contributed by atoms with Gasteiger partial charge < -0.3 is 11.1 Å². The first kappa shape index (κ1) is 15.2. The van der Waals surface area contributed by atoms with Gasteiger partial charge in [-0.1, -0.05) is 54.4 Å². The van der Waals surface area contributed by atoms with Crippen molar-refractivity contribution in [3.63, 3.8) is 0 Å². The first-order valence-electron chi connectivity index (χ1n) is 6.27. The van der Waals surface area contributed by atoms with Crippen LogP contribution in [0.1, 0.15) is 38.8 Å². The van der Waals surface area contributed by atoms with Crippen LogP contribution in [0.4, 0.5) is 0 Å². The van der Waals surface area contributed by atoms with Crippen molar-refractivity contribution in [3.05, 3.63) is 34.3 Å². The lowest BCUT2D eigenvalue weighted by Crippen LogP contribution is -2.45. The van der Waals surface area contributed by atoms with Crippen molar-refractivity contribution in [3.8, 4) is 0 Å². The molecule has 0 heterocycles. The molecular formula is C14H21BrN2O. The Balaban J connectivity index is 2.68. The second-order valence-corrected chi connectivity index (χ2v) is 5.52. The average molecular weight is 313 g/mol. The fraction of sp³-hybridized carbons (Fsp3) is 0.500. The van der Waals surface area contributed by atoms with Crippen LogP contribution in [0.2, 0.25) is 0 Å². The Kier molecular flexibility index (Phi) is 5.82. The largest absolute Gasteiger partial charge is 0.348 e. The Morgan fingerprint density at radius 3 is 2.56 bits per heavy atom. The minimum absolute atomic E-state index is 0.0526. The zero-order valence-electron chi connectivity index (χ0n) is 11.1. The molecule has 0 saturated heterocycles. The molecule has 0 saturated carbocycles. The van der Waals surface area contributed by atoms with Gasteiger partial charge in [0.05, 0.1) is 12.1 Å². The highest BCUT2D eigenvalue weighted by atomic mass is 79.9. The van der Waals surface area contributed by atoms with Gasteiger partial charge in [-0.05, 0) is 24.5 Å². The number of amides is 1. The summed E-state index contributed by atoms with van der Waals surface area (Å²) in [4.78, 5) is 12.0. The molecule has 1 aromatic rings. The van der Waals surface area contributed by atoms with Gasteiger partial charge in [0, 0.05) is 4.47 Å². The molecule has 0 radical (unpaired) electrons. The summed E-state index contributed by atoms with van der Waals surface area (Å²) in [7, 11) is 0. The van der Waals surface area contributed by atoms with Gasteiger partial charge in [-0.25, -0.2) is 0 Å². The summed E-state index contributed by atoms with van der Waals surface area (Å²) >= 11 is 3.48. The van der Waals surface area contributed by atoms with Crippen LogP contribution in [0.3, 0.4) is 0 Å². The number of hydrogen-bond acceptors (Lipinski definition) is 2. The number of hydrogen-bond donors (Lipinski definition) is 2. The Morgan fingerprint density at radius 1 is 1.39 bits per heavy atom. The van der Waals surface area contributed by atoms with Gasteiger partial charge in [0.15, 0.2) is 0 Å². The zero-order valence-corrected chi connectivity index (χ0v) is 12.7. The minimum atomic E-state index is -0.445. The van der Waals surface area contributed by atoms with Crippen LogP contribution >= 0.6 is 15.9 Å². The summed E-state index contributed by atoms with van der Waals surface area (Å²) in [6.07, 6.45) is 0.901. The molecule has 18 heavy (non-hydrogen) atoms. The molecule has 1 aromatic carbocycles. The molecule has 0 aromatic heterocycles. The zero-order chi connectivity index (χ0) is 13.7. The van der Waals surface area contributed by atoms with Gasteiger partial charge >= 0.3 is 0 Å². The molecule has 3 N–H and O–H groups in total. The monoisotopic (exact) mass is 312 g/mol. The molecule has 0 aliphatic carbocycles. The Labute approximate surface area is 117 Å². The molecule has 0 spiro atoms. The first-order valence-corrected chi connectivity index (χ1v) is 7.07. The molecule has 0 bridgehead atoms. The predicted molar refractivity (Wildman–Crippen MR) is 78.1 cm³/mol. The van der Waals surface area contributed by atoms with E-state index in [4.69, 9.17) is 5.73 Å². The summed E-state index contributed by atoms with van der Waals surface area (Å²) in [5.41, 5.74) is 6.97. The van der Waals surface area contributed by atoms with Gasteiger partial charge in [-0.15, -0.1) is 0 Å². The van der Waals surface area contributed by atoms with Crippen molar-refractivity contribution < 1.29 is 4.79 Å². The molecule has 1 amide bonds. The van der Waals surface area contributed by atoms with Gasteiger partial charge in [0.1, 0.15) is 0 Å². The van der Waals surface area contributed by atoms with E-state index in [1.807, 2.05) is 45.0 Å². The standard InChI is InChI=1S/C14H21BrN2O/c1-4-9(2)13(16)14(18)17-10(3)11-7-5-6-8-12(11)15/h5-10,13H,4,16H2,1-3H3,(H,17,18)/t9?,10-,13-/m0/s1. The number of halogens is 1. The maximum atomic E-state index is 12.0. The average Bonchev–Trinajstić information content (AvgIpc) is 2.37. The van der Waals surface area contributed by atoms with Crippen LogP contribution in [-0.2, 0) is 4.79 Å². The lowest BCUT2D eigenvalue weighted by molar-refractivity contribution is -0.124. The molecule has 1 rings (SSSR count). The van der Waals surface area contributed by atoms with Crippen LogP contribution in [0, 0.1) is 5.92 Å². The van der Waals surface area contributed by atoms with Crippen molar-refractivity contribution in [2.45, 2.75) is 39.3 Å². The molecule has 0 aliphatic rings. The third-order valence-corrected chi connectivity index (χ3v) is 4.01. The molecule has 100 valence electrons. The summed E-state index contributed by atoms with van der Waals surface area (Å²) in [5.74, 6) is 0.101. The Bertz CT molecular complexity index is 409. The van der Waals surface area contributed by atoms with Gasteiger partial charge in [0.25, 0.3) is 0 Å². The Hall–Kier alpha value is -0.870. The van der Waals surface area contributed by atoms with E-state index in [-0.39, 0.29) is 17.9 Å². The summed E-state index contributed by atoms with van der Waals surface area (Å²) in [5, 5.41) is 2.96. The number of benzene rings is 1. The van der Waals surface area contributed by atoms with Crippen molar-refractivity contribution in [1.29, 1.82) is 0 Å². The summed E-state index contributed by atoms with van der Waals surface area (Å²) < 4.78 is 0.995. The second kappa shape index (κ2) is 6.90. The van der Waals surface area contributed by atoms with Crippen LogP contribution in [0.25, 0.3) is 0 Å². The van der Waals surface area contributed by atoms with Crippen molar-refractivity contribution in [1.82, 2.24) is 5.32 Å². The Morgan fingerprint density at radius 2 is 2.00 bits per heavy atom. The van der Waals surface area contributed by atoms with Gasteiger partial charge in [-0.2, -0.15) is 0 Å². The third-order valence-electron chi connectivity index (χ3n) is 3.29. The topological polar surface area (TPSA) is 55.1 Å². The molecule has 3 atom stereocenters. The number of rotatable bonds is 5. The van der Waals surface area contributed by atoms with Gasteiger partial charge in [0.2, 0.25) is 5.91 Å². The second-order valence-electron chi connectivity index (χ2n) is 4.66. The van der Waals surface area contributed by atoms with E-state index in [0.717, 1.165) is 16.5 Å². The smallest absolute Gasteiger partial charge is 0.237 e. The molecule has 0 aliphatic heterocycles. The first-order chi connectivity index (χ1) is 8.47. The highest BCUT2D eigenvalue weighted by Crippen LogP contribution is 2.22. The van der Waals surface area contributed by atoms with Crippen LogP contribution in [0.15, 0.2) is 28.7 Å². The molecule has 1 unspecified atom stereocenters. The van der Waals surface area contributed by atoms with E-state index >= 15 is 0 Å². The molecular weight excluding hydrogens is 292 g/mol. The van der Waals surface area contributed by atoms with Gasteiger partial charge in [-0.3, -0.25) is 4.79 Å². The lowest BCUT2D eigenvalue weighted by atomic mass is 9.98. The highest BCUT2D eigenvalue weighted by Gasteiger charge is 2.21. The van der Waals surface area contributed by atoms with Crippen molar-refractivity contribution >= 4 is 21.8 Å². The number of carbonyl (C=O) groups excluding carboxylic acids is 1. The van der Waals surface area contributed by atoms with E-state index in [1.54, 1.807) is 0 Å². The molecule has 0 fully saturated rings. The SMILES string of the molecule is CCC(C)[C@H](N)C(=O)N[C@@H](C)c1ccccc1Br. The third kappa shape index (κ3) is 3.82. The van der Waals surface area contributed by atoms with E-state index in [0.29, 0.717) is 0 Å². The summed E-state index contributed by atoms with van der Waals surface area (Å²) in [6, 6.07) is 7.36. The molecule has 4 heteroatoms. The minimum Gasteiger partial charge on any atom is -0.348 e. The lowest BCUT2D eigenvalue weighted by Gasteiger charge is -2.22. The maximum absolute atomic E-state index is 12.0. The fourth-order valence-electron chi connectivity index (χ4n) is 1.73. The maximum Gasteiger partial charge on any atom is 0.237 e. The van der Waals surface area contributed by atoms with E-state index in [2.05, 4.69) is 21.2 Å². The highest BCUT2D eigenvalue weighted by molar-refractivity contribution is 9.10. The van der Waals surface area contributed by atoms with Crippen LogP contribution in [-0.4, -0.2) is 11.9 Å². The van der Waals surface area contributed by atoms with E-state index < -0.39 is 6.04 Å². The number of nitrogens with one attached hydrogen (secondary N) is 1. The number of carbonyl (C=O) groups is 1. The predicted octanol–water partition coefficient (Wildman–Crippen LogP) is 3.00. The van der Waals surface area contributed by atoms with Crippen LogP contribution in [0.5, 0.6) is 0 Å². The number of nitrogens with two attached hydrogens (primary N) is 1. The van der Waals surface area contributed by atoms with Crippen LogP contribution < -0.4 is 11.1 Å². The van der Waals surface area contributed by atoms with E-state index in [9.17, 15) is 4.79 Å². The quantitative estimate of drug-likeness (QED) is 0.878. The van der Waals surface area contributed by atoms with Crippen molar-refractivity contribution in [2.24, 2.45) is 11.7 Å². The van der Waals surface area contributed by atoms with E-state index in [1.165, 1.54) is 0 Å². The normalized spacial score (nSPS) is 15.8.